The fraction of sp³-hybridized carbons (Fsp3) is 0.692. The number of aliphatic hydroxyl groups excluding tert-OH is 1. The van der Waals surface area contributed by atoms with Gasteiger partial charge in [0.25, 0.3) is 5.56 Å². The summed E-state index contributed by atoms with van der Waals surface area (Å²) in [6.45, 7) is 0. The van der Waals surface area contributed by atoms with Gasteiger partial charge in [0.05, 0.1) is 24.2 Å². The second kappa shape index (κ2) is 4.26. The van der Waals surface area contributed by atoms with Crippen LogP contribution in [0.1, 0.15) is 56.2 Å². The van der Waals surface area contributed by atoms with Crippen LogP contribution in [0.25, 0.3) is 0 Å². The van der Waals surface area contributed by atoms with Crippen LogP contribution in [-0.2, 0) is 0 Å². The maximum Gasteiger partial charge on any atom is 0.253 e. The number of aromatic nitrogens is 2. The molecule has 0 bridgehead atoms. The van der Waals surface area contributed by atoms with E-state index >= 15 is 0 Å². The van der Waals surface area contributed by atoms with E-state index in [1.54, 1.807) is 17.0 Å². The van der Waals surface area contributed by atoms with Gasteiger partial charge >= 0.3 is 0 Å². The van der Waals surface area contributed by atoms with Gasteiger partial charge < -0.3 is 5.11 Å². The molecule has 2 fully saturated rings. The van der Waals surface area contributed by atoms with Gasteiger partial charge in [-0.1, -0.05) is 6.42 Å². The van der Waals surface area contributed by atoms with Crippen LogP contribution in [0, 0.1) is 0 Å². The van der Waals surface area contributed by atoms with E-state index < -0.39 is 0 Å². The molecule has 1 N–H and O–H groups in total. The van der Waals surface area contributed by atoms with Gasteiger partial charge in [-0.15, -0.1) is 0 Å². The summed E-state index contributed by atoms with van der Waals surface area (Å²) < 4.78 is 1.61. The van der Waals surface area contributed by atoms with Crippen LogP contribution in [0.3, 0.4) is 0 Å². The van der Waals surface area contributed by atoms with Crippen LogP contribution in [0.5, 0.6) is 0 Å². The van der Waals surface area contributed by atoms with Gasteiger partial charge in [-0.2, -0.15) is 0 Å². The van der Waals surface area contributed by atoms with Crippen molar-refractivity contribution in [2.45, 2.75) is 56.6 Å². The Morgan fingerprint density at radius 2 is 2.00 bits per heavy atom. The predicted octanol–water partition coefficient (Wildman–Crippen LogP) is 1.60. The fourth-order valence-electron chi connectivity index (χ4n) is 2.85. The normalized spacial score (nSPS) is 29.2. The van der Waals surface area contributed by atoms with Crippen LogP contribution in [0.15, 0.2) is 17.2 Å². The second-order valence-corrected chi connectivity index (χ2v) is 5.25. The number of hydrogen-bond acceptors (Lipinski definition) is 3. The SMILES string of the molecule is O=c1cc(C2CCC2)ncn1C1CCCC1O. The first-order valence-corrected chi connectivity index (χ1v) is 6.52. The van der Waals surface area contributed by atoms with Gasteiger partial charge in [0.15, 0.2) is 0 Å². The van der Waals surface area contributed by atoms with Gasteiger partial charge in [-0.25, -0.2) is 4.98 Å². The van der Waals surface area contributed by atoms with E-state index in [9.17, 15) is 9.90 Å². The van der Waals surface area contributed by atoms with Crippen LogP contribution in [-0.4, -0.2) is 20.8 Å². The highest BCUT2D eigenvalue weighted by Crippen LogP contribution is 2.35. The van der Waals surface area contributed by atoms with Crippen molar-refractivity contribution >= 4 is 0 Å². The van der Waals surface area contributed by atoms with Crippen molar-refractivity contribution in [2.75, 3.05) is 0 Å². The summed E-state index contributed by atoms with van der Waals surface area (Å²) >= 11 is 0. The zero-order valence-corrected chi connectivity index (χ0v) is 9.88. The molecule has 2 saturated carbocycles. The summed E-state index contributed by atoms with van der Waals surface area (Å²) in [6, 6.07) is 1.60. The van der Waals surface area contributed by atoms with Gasteiger partial charge in [-0.3, -0.25) is 9.36 Å². The number of aliphatic hydroxyl groups is 1. The minimum absolute atomic E-state index is 0.00662. The lowest BCUT2D eigenvalue weighted by Gasteiger charge is -2.25. The number of rotatable bonds is 2. The summed E-state index contributed by atoms with van der Waals surface area (Å²) in [5.74, 6) is 0.492. The monoisotopic (exact) mass is 234 g/mol. The third kappa shape index (κ3) is 1.90. The molecule has 1 aromatic rings. The minimum Gasteiger partial charge on any atom is -0.391 e. The first kappa shape index (κ1) is 11.0. The second-order valence-electron chi connectivity index (χ2n) is 5.25. The zero-order chi connectivity index (χ0) is 11.8. The fourth-order valence-corrected chi connectivity index (χ4v) is 2.85. The molecule has 17 heavy (non-hydrogen) atoms. The highest BCUT2D eigenvalue weighted by atomic mass is 16.3. The summed E-state index contributed by atoms with van der Waals surface area (Å²) in [5, 5.41) is 9.82. The van der Waals surface area contributed by atoms with Crippen LogP contribution < -0.4 is 5.56 Å². The Morgan fingerprint density at radius 3 is 2.53 bits per heavy atom. The third-order valence-corrected chi connectivity index (χ3v) is 4.18. The Morgan fingerprint density at radius 1 is 1.24 bits per heavy atom. The molecule has 2 atom stereocenters. The van der Waals surface area contributed by atoms with Crippen molar-refractivity contribution in [1.82, 2.24) is 9.55 Å². The molecular weight excluding hydrogens is 216 g/mol. The zero-order valence-electron chi connectivity index (χ0n) is 9.88. The van der Waals surface area contributed by atoms with E-state index in [4.69, 9.17) is 0 Å². The van der Waals surface area contributed by atoms with Gasteiger partial charge in [-0.05, 0) is 32.1 Å². The highest BCUT2D eigenvalue weighted by Gasteiger charge is 2.28. The number of hydrogen-bond donors (Lipinski definition) is 1. The maximum absolute atomic E-state index is 12.0. The quantitative estimate of drug-likeness (QED) is 0.845. The van der Waals surface area contributed by atoms with E-state index in [0.29, 0.717) is 5.92 Å². The molecule has 1 heterocycles. The molecular formula is C13H18N2O2. The van der Waals surface area contributed by atoms with Crippen molar-refractivity contribution in [3.05, 3.63) is 28.4 Å². The molecule has 3 rings (SSSR count). The highest BCUT2D eigenvalue weighted by molar-refractivity contribution is 5.10. The Bertz CT molecular complexity index is 465. The molecule has 0 radical (unpaired) electrons. The lowest BCUT2D eigenvalue weighted by Crippen LogP contribution is -2.30. The Kier molecular flexibility index (Phi) is 2.74. The lowest BCUT2D eigenvalue weighted by molar-refractivity contribution is 0.134. The lowest BCUT2D eigenvalue weighted by atomic mass is 9.83. The molecule has 4 nitrogen and oxygen atoms in total. The van der Waals surface area contributed by atoms with E-state index in [0.717, 1.165) is 37.8 Å². The first-order chi connectivity index (χ1) is 8.25. The van der Waals surface area contributed by atoms with Crippen molar-refractivity contribution in [1.29, 1.82) is 0 Å². The largest absolute Gasteiger partial charge is 0.391 e. The molecule has 4 heteroatoms. The van der Waals surface area contributed by atoms with Gasteiger partial charge in [0, 0.05) is 12.0 Å². The molecule has 0 spiro atoms. The van der Waals surface area contributed by atoms with E-state index in [2.05, 4.69) is 4.98 Å². The predicted molar refractivity (Wildman–Crippen MR) is 64.0 cm³/mol. The topological polar surface area (TPSA) is 55.1 Å². The van der Waals surface area contributed by atoms with Gasteiger partial charge in [0.1, 0.15) is 0 Å². The molecule has 0 aromatic carbocycles. The first-order valence-electron chi connectivity index (χ1n) is 6.52. The summed E-state index contributed by atoms with van der Waals surface area (Å²) in [6.07, 6.45) is 7.47. The van der Waals surface area contributed by atoms with Crippen molar-refractivity contribution in [2.24, 2.45) is 0 Å². The summed E-state index contributed by atoms with van der Waals surface area (Å²) in [7, 11) is 0. The maximum atomic E-state index is 12.0. The number of nitrogens with zero attached hydrogens (tertiary/aromatic N) is 2. The third-order valence-electron chi connectivity index (χ3n) is 4.18. The van der Waals surface area contributed by atoms with E-state index in [-0.39, 0.29) is 17.7 Å². The minimum atomic E-state index is -0.385. The van der Waals surface area contributed by atoms with Crippen LogP contribution in [0.2, 0.25) is 0 Å². The molecule has 0 saturated heterocycles. The van der Waals surface area contributed by atoms with Gasteiger partial charge in [0.2, 0.25) is 0 Å². The molecule has 0 amide bonds. The van der Waals surface area contributed by atoms with Crippen LogP contribution in [0.4, 0.5) is 0 Å². The Balaban J connectivity index is 1.88. The molecule has 2 aliphatic rings. The molecule has 0 aliphatic heterocycles. The van der Waals surface area contributed by atoms with Crippen molar-refractivity contribution < 1.29 is 5.11 Å². The molecule has 1 aromatic heterocycles. The Labute approximate surface area is 100 Å². The molecule has 2 aliphatic carbocycles. The molecule has 2 unspecified atom stereocenters. The van der Waals surface area contributed by atoms with Crippen molar-refractivity contribution in [3.8, 4) is 0 Å². The summed E-state index contributed by atoms with van der Waals surface area (Å²) in [4.78, 5) is 16.4. The van der Waals surface area contributed by atoms with E-state index in [1.165, 1.54) is 6.42 Å². The van der Waals surface area contributed by atoms with E-state index in [1.807, 2.05) is 0 Å². The standard InChI is InChI=1S/C13H18N2O2/c16-12-6-2-5-11(12)15-8-14-10(7-13(15)17)9-3-1-4-9/h7-9,11-12,16H,1-6H2. The average molecular weight is 234 g/mol. The molecule has 92 valence electrons. The average Bonchev–Trinajstić information content (AvgIpc) is 2.62. The van der Waals surface area contributed by atoms with Crippen molar-refractivity contribution in [3.63, 3.8) is 0 Å². The Hall–Kier alpha value is -1.16. The smallest absolute Gasteiger partial charge is 0.253 e. The van der Waals surface area contributed by atoms with Crippen LogP contribution >= 0.6 is 0 Å². The summed E-state index contributed by atoms with van der Waals surface area (Å²) in [5.41, 5.74) is 0.929.